The van der Waals surface area contributed by atoms with E-state index in [1.54, 1.807) is 12.1 Å². The number of rotatable bonds is 2. The highest BCUT2D eigenvalue weighted by Crippen LogP contribution is 2.14. The van der Waals surface area contributed by atoms with E-state index in [0.717, 1.165) is 13.1 Å². The molecule has 1 saturated heterocycles. The van der Waals surface area contributed by atoms with Gasteiger partial charge in [-0.25, -0.2) is 4.39 Å². The van der Waals surface area contributed by atoms with Crippen molar-refractivity contribution in [2.75, 3.05) is 18.4 Å². The molecule has 1 aliphatic heterocycles. The summed E-state index contributed by atoms with van der Waals surface area (Å²) in [6.45, 7) is 1.85. The maximum Gasteiger partial charge on any atom is 0.146 e. The molecule has 0 aliphatic carbocycles. The third-order valence-electron chi connectivity index (χ3n) is 2.01. The summed E-state index contributed by atoms with van der Waals surface area (Å²) in [6.07, 6.45) is 0. The van der Waals surface area contributed by atoms with Crippen LogP contribution in [0.25, 0.3) is 0 Å². The Labute approximate surface area is 70.8 Å². The molecule has 64 valence electrons. The molecular weight excluding hydrogens is 155 g/mol. The van der Waals surface area contributed by atoms with Crippen LogP contribution in [0.5, 0.6) is 0 Å². The quantitative estimate of drug-likeness (QED) is 0.690. The third-order valence-corrected chi connectivity index (χ3v) is 2.01. The summed E-state index contributed by atoms with van der Waals surface area (Å²) in [5.74, 6) is -0.176. The highest BCUT2D eigenvalue weighted by atomic mass is 19.1. The second-order valence-corrected chi connectivity index (χ2v) is 2.98. The largest absolute Gasteiger partial charge is 0.377 e. The lowest BCUT2D eigenvalue weighted by atomic mass is 10.1. The van der Waals surface area contributed by atoms with Gasteiger partial charge in [0.25, 0.3) is 0 Å². The van der Waals surface area contributed by atoms with Gasteiger partial charge in [-0.3, -0.25) is 0 Å². The van der Waals surface area contributed by atoms with Crippen LogP contribution in [-0.4, -0.2) is 19.1 Å². The molecule has 1 fully saturated rings. The Hall–Kier alpha value is -1.09. The summed E-state index contributed by atoms with van der Waals surface area (Å²) in [5.41, 5.74) is 0.601. The number of nitrogens with one attached hydrogen (secondary N) is 2. The fourth-order valence-electron chi connectivity index (χ4n) is 1.19. The van der Waals surface area contributed by atoms with Gasteiger partial charge in [-0.2, -0.15) is 0 Å². The maximum atomic E-state index is 13.0. The SMILES string of the molecule is Fc1ccccc1NC1CNC1. The van der Waals surface area contributed by atoms with Crippen LogP contribution in [-0.2, 0) is 0 Å². The normalized spacial score (nSPS) is 17.1. The van der Waals surface area contributed by atoms with E-state index in [2.05, 4.69) is 10.6 Å². The number of para-hydroxylation sites is 1. The molecule has 1 heterocycles. The molecule has 2 nitrogen and oxygen atoms in total. The molecule has 0 atom stereocenters. The smallest absolute Gasteiger partial charge is 0.146 e. The number of anilines is 1. The van der Waals surface area contributed by atoms with Gasteiger partial charge >= 0.3 is 0 Å². The molecule has 1 aromatic rings. The molecule has 0 saturated carbocycles. The standard InChI is InChI=1S/C9H11FN2/c10-8-3-1-2-4-9(8)12-7-5-11-6-7/h1-4,7,11-12H,5-6H2. The summed E-state index contributed by atoms with van der Waals surface area (Å²) in [5, 5.41) is 6.23. The minimum Gasteiger partial charge on any atom is -0.377 e. The first-order valence-corrected chi connectivity index (χ1v) is 4.08. The number of benzene rings is 1. The van der Waals surface area contributed by atoms with Crippen LogP contribution in [0.3, 0.4) is 0 Å². The second kappa shape index (κ2) is 3.11. The van der Waals surface area contributed by atoms with Crippen LogP contribution in [0.15, 0.2) is 24.3 Å². The molecule has 12 heavy (non-hydrogen) atoms. The minimum absolute atomic E-state index is 0.176. The van der Waals surface area contributed by atoms with Crippen molar-refractivity contribution in [3.8, 4) is 0 Å². The molecule has 0 amide bonds. The molecule has 0 aromatic heterocycles. The Morgan fingerprint density at radius 3 is 2.67 bits per heavy atom. The molecule has 3 heteroatoms. The Kier molecular flexibility index (Phi) is 1.96. The molecule has 1 aromatic carbocycles. The number of hydrogen-bond donors (Lipinski definition) is 2. The van der Waals surface area contributed by atoms with E-state index >= 15 is 0 Å². The zero-order chi connectivity index (χ0) is 8.39. The van der Waals surface area contributed by atoms with E-state index in [9.17, 15) is 4.39 Å². The van der Waals surface area contributed by atoms with Gasteiger partial charge in [0.15, 0.2) is 0 Å². The molecule has 2 N–H and O–H groups in total. The first-order chi connectivity index (χ1) is 5.86. The van der Waals surface area contributed by atoms with Crippen molar-refractivity contribution in [3.05, 3.63) is 30.1 Å². The molecule has 2 rings (SSSR count). The number of halogens is 1. The zero-order valence-electron chi connectivity index (χ0n) is 6.68. The van der Waals surface area contributed by atoms with E-state index in [-0.39, 0.29) is 5.82 Å². The van der Waals surface area contributed by atoms with Gasteiger partial charge in [-0.1, -0.05) is 12.1 Å². The number of hydrogen-bond acceptors (Lipinski definition) is 2. The monoisotopic (exact) mass is 166 g/mol. The molecule has 0 bridgehead atoms. The Bertz CT molecular complexity index is 271. The van der Waals surface area contributed by atoms with E-state index < -0.39 is 0 Å². The topological polar surface area (TPSA) is 24.1 Å². The average molecular weight is 166 g/mol. The van der Waals surface area contributed by atoms with Crippen molar-refractivity contribution in [2.24, 2.45) is 0 Å². The predicted molar refractivity (Wildman–Crippen MR) is 46.7 cm³/mol. The second-order valence-electron chi connectivity index (χ2n) is 2.98. The first kappa shape index (κ1) is 7.55. The molecule has 0 unspecified atom stereocenters. The lowest BCUT2D eigenvalue weighted by Gasteiger charge is -2.29. The predicted octanol–water partition coefficient (Wildman–Crippen LogP) is 1.21. The highest BCUT2D eigenvalue weighted by Gasteiger charge is 2.16. The van der Waals surface area contributed by atoms with Crippen molar-refractivity contribution in [2.45, 2.75) is 6.04 Å². The zero-order valence-corrected chi connectivity index (χ0v) is 6.68. The fourth-order valence-corrected chi connectivity index (χ4v) is 1.19. The van der Waals surface area contributed by atoms with Gasteiger partial charge in [-0.05, 0) is 12.1 Å². The Morgan fingerprint density at radius 1 is 1.33 bits per heavy atom. The summed E-state index contributed by atoms with van der Waals surface area (Å²) in [6, 6.07) is 7.14. The van der Waals surface area contributed by atoms with Crippen molar-refractivity contribution in [3.63, 3.8) is 0 Å². The van der Waals surface area contributed by atoms with Crippen LogP contribution in [0.1, 0.15) is 0 Å². The van der Waals surface area contributed by atoms with Gasteiger partial charge in [-0.15, -0.1) is 0 Å². The summed E-state index contributed by atoms with van der Waals surface area (Å²) in [4.78, 5) is 0. The van der Waals surface area contributed by atoms with Gasteiger partial charge in [0.1, 0.15) is 5.82 Å². The van der Waals surface area contributed by atoms with Crippen molar-refractivity contribution >= 4 is 5.69 Å². The molecule has 0 spiro atoms. The highest BCUT2D eigenvalue weighted by molar-refractivity contribution is 5.45. The molecular formula is C9H11FN2. The van der Waals surface area contributed by atoms with Crippen LogP contribution in [0.4, 0.5) is 10.1 Å². The minimum atomic E-state index is -0.176. The van der Waals surface area contributed by atoms with E-state index in [4.69, 9.17) is 0 Å². The van der Waals surface area contributed by atoms with Gasteiger partial charge in [0.2, 0.25) is 0 Å². The summed E-state index contributed by atoms with van der Waals surface area (Å²) < 4.78 is 13.0. The van der Waals surface area contributed by atoms with E-state index in [1.807, 2.05) is 6.07 Å². The van der Waals surface area contributed by atoms with Crippen molar-refractivity contribution < 1.29 is 4.39 Å². The van der Waals surface area contributed by atoms with Crippen LogP contribution in [0, 0.1) is 5.82 Å². The third kappa shape index (κ3) is 1.41. The first-order valence-electron chi connectivity index (χ1n) is 4.08. The Morgan fingerprint density at radius 2 is 2.08 bits per heavy atom. The van der Waals surface area contributed by atoms with Gasteiger partial charge in [0.05, 0.1) is 11.7 Å². The molecule has 1 aliphatic rings. The van der Waals surface area contributed by atoms with Crippen LogP contribution >= 0.6 is 0 Å². The Balaban J connectivity index is 2.06. The van der Waals surface area contributed by atoms with Crippen LogP contribution < -0.4 is 10.6 Å². The van der Waals surface area contributed by atoms with E-state index in [0.29, 0.717) is 11.7 Å². The maximum absolute atomic E-state index is 13.0. The summed E-state index contributed by atoms with van der Waals surface area (Å²) in [7, 11) is 0. The fraction of sp³-hybridized carbons (Fsp3) is 0.333. The van der Waals surface area contributed by atoms with Crippen LogP contribution in [0.2, 0.25) is 0 Å². The van der Waals surface area contributed by atoms with Gasteiger partial charge < -0.3 is 10.6 Å². The van der Waals surface area contributed by atoms with Gasteiger partial charge in [0, 0.05) is 13.1 Å². The summed E-state index contributed by atoms with van der Waals surface area (Å²) >= 11 is 0. The van der Waals surface area contributed by atoms with Crippen molar-refractivity contribution in [1.82, 2.24) is 5.32 Å². The van der Waals surface area contributed by atoms with E-state index in [1.165, 1.54) is 6.07 Å². The lowest BCUT2D eigenvalue weighted by molar-refractivity contribution is 0.469. The lowest BCUT2D eigenvalue weighted by Crippen LogP contribution is -2.51. The average Bonchev–Trinajstić information content (AvgIpc) is 2.00. The molecule has 0 radical (unpaired) electrons. The van der Waals surface area contributed by atoms with Crippen molar-refractivity contribution in [1.29, 1.82) is 0 Å².